The summed E-state index contributed by atoms with van der Waals surface area (Å²) >= 11 is 0. The van der Waals surface area contributed by atoms with Crippen LogP contribution in [0.5, 0.6) is 28.7 Å². The molecule has 0 bridgehead atoms. The second kappa shape index (κ2) is 13.5. The zero-order chi connectivity index (χ0) is 34.3. The van der Waals surface area contributed by atoms with Gasteiger partial charge < -0.3 is 79.2 Å². The Morgan fingerprint density at radius 2 is 1.49 bits per heavy atom. The average molecular weight is 669 g/mol. The maximum Gasteiger partial charge on any atom is 0.302 e. The molecule has 2 saturated heterocycles. The molecule has 3 heterocycles. The third kappa shape index (κ3) is 6.63. The summed E-state index contributed by atoms with van der Waals surface area (Å²) < 4.78 is 32.9. The van der Waals surface area contributed by atoms with Gasteiger partial charge in [-0.3, -0.25) is 9.59 Å². The van der Waals surface area contributed by atoms with E-state index in [0.29, 0.717) is 0 Å². The van der Waals surface area contributed by atoms with Crippen molar-refractivity contribution in [2.75, 3.05) is 13.2 Å². The highest BCUT2D eigenvalue weighted by Gasteiger charge is 2.51. The molecule has 3 aromatic rings. The number of rotatable bonds is 8. The van der Waals surface area contributed by atoms with E-state index in [1.54, 1.807) is 0 Å². The summed E-state index contributed by atoms with van der Waals surface area (Å²) in [6.45, 7) is -0.342. The Morgan fingerprint density at radius 1 is 0.809 bits per heavy atom. The van der Waals surface area contributed by atoms with Gasteiger partial charge in [0.25, 0.3) is 0 Å². The van der Waals surface area contributed by atoms with Crippen LogP contribution in [-0.2, 0) is 23.7 Å². The maximum atomic E-state index is 12.9. The highest BCUT2D eigenvalue weighted by atomic mass is 16.8. The van der Waals surface area contributed by atoms with E-state index in [9.17, 15) is 60.7 Å². The second-order valence-corrected chi connectivity index (χ2v) is 10.9. The fourth-order valence-electron chi connectivity index (χ4n) is 5.12. The van der Waals surface area contributed by atoms with Gasteiger partial charge in [-0.15, -0.1) is 0 Å². The van der Waals surface area contributed by atoms with Crippen molar-refractivity contribution in [3.8, 4) is 40.1 Å². The molecule has 1 aromatic heterocycles. The first-order valence-electron chi connectivity index (χ1n) is 14.0. The summed E-state index contributed by atoms with van der Waals surface area (Å²) in [5, 5.41) is 103. The fourth-order valence-corrected chi connectivity index (χ4v) is 5.12. The number of aromatic hydroxyl groups is 4. The van der Waals surface area contributed by atoms with Gasteiger partial charge in [-0.1, -0.05) is 0 Å². The summed E-state index contributed by atoms with van der Waals surface area (Å²) in [5.41, 5.74) is -1.03. The molecule has 0 spiro atoms. The van der Waals surface area contributed by atoms with E-state index >= 15 is 0 Å². The lowest BCUT2D eigenvalue weighted by molar-refractivity contribution is -0.358. The molecule has 0 radical (unpaired) electrons. The highest BCUT2D eigenvalue weighted by Crippen LogP contribution is 2.43. The second-order valence-electron chi connectivity index (χ2n) is 10.9. The van der Waals surface area contributed by atoms with E-state index in [1.165, 1.54) is 6.07 Å². The molecule has 18 heteroatoms. The van der Waals surface area contributed by atoms with Crippen molar-refractivity contribution in [2.45, 2.75) is 68.3 Å². The number of hydrogen-bond acceptors (Lipinski definition) is 18. The molecule has 5 rings (SSSR count). The van der Waals surface area contributed by atoms with Gasteiger partial charge in [0.1, 0.15) is 66.1 Å². The third-order valence-corrected chi connectivity index (χ3v) is 7.67. The van der Waals surface area contributed by atoms with Crippen molar-refractivity contribution < 1.29 is 84.0 Å². The van der Waals surface area contributed by atoms with Crippen LogP contribution >= 0.6 is 0 Å². The summed E-state index contributed by atoms with van der Waals surface area (Å²) in [7, 11) is 0. The number of esters is 1. The minimum Gasteiger partial charge on any atom is -0.504 e. The van der Waals surface area contributed by atoms with Gasteiger partial charge in [-0.05, 0) is 18.2 Å². The molecular weight excluding hydrogens is 636 g/mol. The normalized spacial score (nSPS) is 31.0. The number of carbonyl (C=O) groups is 1. The van der Waals surface area contributed by atoms with Crippen LogP contribution in [0.2, 0.25) is 0 Å². The SMILES string of the molecule is CC(=O)OCC1OC(OC2C(Oc3cc4oc(-c5ccc(O)c(O)c5)cc(=O)c4c(O)c3O)OC(CO)C(O)C2O)C(O)C(O)C1O. The predicted molar refractivity (Wildman–Crippen MR) is 151 cm³/mol. The monoisotopic (exact) mass is 668 g/mol. The van der Waals surface area contributed by atoms with Crippen molar-refractivity contribution in [3.05, 3.63) is 40.6 Å². The van der Waals surface area contributed by atoms with Gasteiger partial charge in [0.15, 0.2) is 40.8 Å². The van der Waals surface area contributed by atoms with Crippen molar-refractivity contribution >= 4 is 16.9 Å². The first-order valence-corrected chi connectivity index (χ1v) is 14.0. The Balaban J connectivity index is 1.49. The largest absolute Gasteiger partial charge is 0.504 e. The Hall–Kier alpha value is -4.24. The molecule has 2 fully saturated rings. The standard InChI is InChI=1S/C29H32O18/c1-9(31)42-8-18-22(37)24(39)26(41)28(46-18)47-27-25(40)21(36)17(7-30)45-29(27)44-16-6-15-19(23(38)20(16)35)13(34)5-14(43-15)10-2-3-11(32)12(33)4-10/h2-6,17-18,21-22,24-30,32-33,35-41H,7-8H2,1H3. The molecule has 0 saturated carbocycles. The molecule has 10 N–H and O–H groups in total. The minimum atomic E-state index is -1.97. The fraction of sp³-hybridized carbons (Fsp3) is 0.448. The first kappa shape index (κ1) is 34.1. The van der Waals surface area contributed by atoms with Crippen molar-refractivity contribution in [3.63, 3.8) is 0 Å². The maximum absolute atomic E-state index is 12.9. The topological polar surface area (TPSA) is 296 Å². The van der Waals surface area contributed by atoms with Crippen molar-refractivity contribution in [2.24, 2.45) is 0 Å². The van der Waals surface area contributed by atoms with E-state index in [0.717, 1.165) is 31.2 Å². The number of phenolic OH excluding ortho intramolecular Hbond substituents is 4. The van der Waals surface area contributed by atoms with Crippen molar-refractivity contribution in [1.82, 2.24) is 0 Å². The number of benzene rings is 2. The van der Waals surface area contributed by atoms with E-state index < -0.39 is 120 Å². The number of fused-ring (bicyclic) bond motifs is 1. The van der Waals surface area contributed by atoms with Crippen LogP contribution in [0.25, 0.3) is 22.3 Å². The van der Waals surface area contributed by atoms with Crippen LogP contribution in [0.4, 0.5) is 0 Å². The number of phenols is 4. The van der Waals surface area contributed by atoms with Gasteiger partial charge in [0, 0.05) is 24.6 Å². The predicted octanol–water partition coefficient (Wildman–Crippen LogP) is -2.14. The van der Waals surface area contributed by atoms with Crippen LogP contribution < -0.4 is 10.2 Å². The lowest BCUT2D eigenvalue weighted by Gasteiger charge is -2.45. The van der Waals surface area contributed by atoms with Crippen LogP contribution in [0, 0.1) is 0 Å². The quantitative estimate of drug-likeness (QED) is 0.0904. The van der Waals surface area contributed by atoms with E-state index in [1.807, 2.05) is 0 Å². The molecule has 47 heavy (non-hydrogen) atoms. The van der Waals surface area contributed by atoms with E-state index in [4.69, 9.17) is 28.1 Å². The molecule has 0 amide bonds. The number of carbonyl (C=O) groups excluding carboxylic acids is 1. The molecule has 10 atom stereocenters. The zero-order valence-electron chi connectivity index (χ0n) is 24.3. The van der Waals surface area contributed by atoms with Crippen LogP contribution in [0.1, 0.15) is 6.92 Å². The summed E-state index contributed by atoms with van der Waals surface area (Å²) in [6, 6.07) is 5.49. The summed E-state index contributed by atoms with van der Waals surface area (Å²) in [4.78, 5) is 24.2. The van der Waals surface area contributed by atoms with Gasteiger partial charge in [0.2, 0.25) is 12.0 Å². The van der Waals surface area contributed by atoms with Gasteiger partial charge in [-0.25, -0.2) is 0 Å². The Bertz CT molecular complexity index is 1670. The highest BCUT2D eigenvalue weighted by molar-refractivity contribution is 5.89. The molecule has 18 nitrogen and oxygen atoms in total. The van der Waals surface area contributed by atoms with Gasteiger partial charge in [0.05, 0.1) is 6.61 Å². The van der Waals surface area contributed by atoms with Crippen molar-refractivity contribution in [1.29, 1.82) is 0 Å². The number of hydrogen-bond donors (Lipinski definition) is 10. The number of ether oxygens (including phenoxy) is 5. The lowest BCUT2D eigenvalue weighted by atomic mass is 9.97. The number of aliphatic hydroxyl groups is 6. The van der Waals surface area contributed by atoms with E-state index in [-0.39, 0.29) is 16.9 Å². The molecule has 256 valence electrons. The lowest BCUT2D eigenvalue weighted by Crippen LogP contribution is -2.65. The van der Waals surface area contributed by atoms with Crippen LogP contribution in [-0.4, -0.2) is 132 Å². The van der Waals surface area contributed by atoms with Crippen LogP contribution in [0.15, 0.2) is 39.5 Å². The Labute approximate surface area is 263 Å². The zero-order valence-corrected chi connectivity index (χ0v) is 24.3. The van der Waals surface area contributed by atoms with Crippen LogP contribution in [0.3, 0.4) is 0 Å². The smallest absolute Gasteiger partial charge is 0.302 e. The molecule has 0 aliphatic carbocycles. The third-order valence-electron chi connectivity index (χ3n) is 7.67. The Morgan fingerprint density at radius 3 is 2.15 bits per heavy atom. The van der Waals surface area contributed by atoms with Gasteiger partial charge >= 0.3 is 5.97 Å². The molecule has 2 aliphatic heterocycles. The Kier molecular flexibility index (Phi) is 9.78. The molecule has 2 aliphatic rings. The average Bonchev–Trinajstić information content (AvgIpc) is 3.03. The first-order chi connectivity index (χ1) is 22.2. The molecular formula is C29H32O18. The minimum absolute atomic E-state index is 0.129. The summed E-state index contributed by atoms with van der Waals surface area (Å²) in [5.74, 6) is -4.46. The van der Waals surface area contributed by atoms with E-state index in [2.05, 4.69) is 0 Å². The number of aliphatic hydroxyl groups excluding tert-OH is 6. The molecule has 10 unspecified atom stereocenters. The van der Waals surface area contributed by atoms with Gasteiger partial charge in [-0.2, -0.15) is 0 Å². The summed E-state index contributed by atoms with van der Waals surface area (Å²) in [6.07, 6.45) is -17.9. The molecule has 2 aromatic carbocycles.